The fourth-order valence-corrected chi connectivity index (χ4v) is 2.68. The van der Waals surface area contributed by atoms with Crippen molar-refractivity contribution in [1.29, 1.82) is 0 Å². The summed E-state index contributed by atoms with van der Waals surface area (Å²) >= 11 is 1.40. The summed E-state index contributed by atoms with van der Waals surface area (Å²) in [7, 11) is 0. The Hall–Kier alpha value is -0.940. The van der Waals surface area contributed by atoms with Gasteiger partial charge < -0.3 is 10.6 Å². The second kappa shape index (κ2) is 5.41. The Morgan fingerprint density at radius 1 is 1.75 bits per heavy atom. The monoisotopic (exact) mass is 239 g/mol. The summed E-state index contributed by atoms with van der Waals surface area (Å²) in [6.45, 7) is 3.73. The average molecular weight is 239 g/mol. The normalized spacial score (nSPS) is 19.9. The zero-order valence-corrected chi connectivity index (χ0v) is 10.3. The van der Waals surface area contributed by atoms with Gasteiger partial charge in [-0.1, -0.05) is 0 Å². The van der Waals surface area contributed by atoms with Gasteiger partial charge in [0, 0.05) is 12.6 Å². The van der Waals surface area contributed by atoms with Gasteiger partial charge in [-0.25, -0.2) is 4.98 Å². The van der Waals surface area contributed by atoms with Crippen LogP contribution in [0, 0.1) is 6.92 Å². The van der Waals surface area contributed by atoms with Gasteiger partial charge in [0.05, 0.1) is 11.2 Å². The highest BCUT2D eigenvalue weighted by Crippen LogP contribution is 2.12. The molecule has 2 rings (SSSR count). The minimum atomic E-state index is 0.0120. The highest BCUT2D eigenvalue weighted by atomic mass is 32.1. The maximum Gasteiger partial charge on any atom is 0.263 e. The fraction of sp³-hybridized carbons (Fsp3) is 0.636. The molecule has 0 spiro atoms. The van der Waals surface area contributed by atoms with E-state index in [0.29, 0.717) is 6.04 Å². The number of carbonyl (C=O) groups is 1. The number of nitrogens with zero attached hydrogens (tertiary/aromatic N) is 1. The highest BCUT2D eigenvalue weighted by molar-refractivity contribution is 7.11. The van der Waals surface area contributed by atoms with Gasteiger partial charge in [-0.05, 0) is 32.7 Å². The van der Waals surface area contributed by atoms with Crippen molar-refractivity contribution in [1.82, 2.24) is 15.6 Å². The van der Waals surface area contributed by atoms with E-state index in [-0.39, 0.29) is 5.91 Å². The van der Waals surface area contributed by atoms with E-state index in [9.17, 15) is 4.79 Å². The van der Waals surface area contributed by atoms with Gasteiger partial charge in [-0.15, -0.1) is 11.3 Å². The molecule has 1 aromatic rings. The van der Waals surface area contributed by atoms with Crippen molar-refractivity contribution in [3.63, 3.8) is 0 Å². The van der Waals surface area contributed by atoms with E-state index < -0.39 is 0 Å². The van der Waals surface area contributed by atoms with E-state index in [4.69, 9.17) is 0 Å². The first-order valence-corrected chi connectivity index (χ1v) is 6.57. The van der Waals surface area contributed by atoms with Crippen molar-refractivity contribution in [2.45, 2.75) is 32.2 Å². The molecule has 16 heavy (non-hydrogen) atoms. The van der Waals surface area contributed by atoms with Crippen LogP contribution >= 0.6 is 11.3 Å². The molecule has 1 atom stereocenters. The van der Waals surface area contributed by atoms with Crippen LogP contribution in [0.3, 0.4) is 0 Å². The number of hydrogen-bond acceptors (Lipinski definition) is 4. The lowest BCUT2D eigenvalue weighted by atomic mass is 10.1. The van der Waals surface area contributed by atoms with Crippen LogP contribution in [0.1, 0.15) is 34.6 Å². The predicted octanol–water partition coefficient (Wildman–Crippen LogP) is 1.32. The number of rotatable bonds is 4. The second-order valence-corrected chi connectivity index (χ2v) is 4.96. The van der Waals surface area contributed by atoms with Crippen molar-refractivity contribution < 1.29 is 4.79 Å². The number of thiazole rings is 1. The average Bonchev–Trinajstić information content (AvgIpc) is 2.88. The van der Waals surface area contributed by atoms with Crippen LogP contribution in [-0.4, -0.2) is 30.0 Å². The maximum absolute atomic E-state index is 11.7. The summed E-state index contributed by atoms with van der Waals surface area (Å²) in [5.41, 5.74) is 2.53. The molecule has 0 aliphatic carbocycles. The molecule has 0 radical (unpaired) electrons. The smallest absolute Gasteiger partial charge is 0.263 e. The van der Waals surface area contributed by atoms with Gasteiger partial charge >= 0.3 is 0 Å². The molecule has 0 saturated carbocycles. The third kappa shape index (κ3) is 2.80. The van der Waals surface area contributed by atoms with Gasteiger partial charge in [0.25, 0.3) is 5.91 Å². The fourth-order valence-electron chi connectivity index (χ4n) is 1.96. The Morgan fingerprint density at radius 3 is 3.25 bits per heavy atom. The molecule has 5 heteroatoms. The predicted molar refractivity (Wildman–Crippen MR) is 64.8 cm³/mol. The van der Waals surface area contributed by atoms with Gasteiger partial charge in [0.1, 0.15) is 4.88 Å². The van der Waals surface area contributed by atoms with Crippen LogP contribution < -0.4 is 10.6 Å². The molecule has 4 nitrogen and oxygen atoms in total. The van der Waals surface area contributed by atoms with E-state index in [1.165, 1.54) is 24.2 Å². The van der Waals surface area contributed by atoms with Crippen LogP contribution in [-0.2, 0) is 0 Å². The van der Waals surface area contributed by atoms with E-state index in [1.807, 2.05) is 6.92 Å². The molecule has 0 aromatic carbocycles. The van der Waals surface area contributed by atoms with Gasteiger partial charge in [0.2, 0.25) is 0 Å². The maximum atomic E-state index is 11.7. The Morgan fingerprint density at radius 2 is 2.62 bits per heavy atom. The summed E-state index contributed by atoms with van der Waals surface area (Å²) in [6.07, 6.45) is 3.51. The number of hydrogen-bond donors (Lipinski definition) is 2. The molecule has 0 unspecified atom stereocenters. The second-order valence-electron chi connectivity index (χ2n) is 4.10. The minimum absolute atomic E-state index is 0.0120. The Kier molecular flexibility index (Phi) is 3.90. The molecular formula is C11H17N3OS. The van der Waals surface area contributed by atoms with Crippen molar-refractivity contribution in [2.24, 2.45) is 0 Å². The van der Waals surface area contributed by atoms with E-state index in [2.05, 4.69) is 15.6 Å². The van der Waals surface area contributed by atoms with Crippen LogP contribution in [0.5, 0.6) is 0 Å². The molecule has 88 valence electrons. The van der Waals surface area contributed by atoms with Crippen molar-refractivity contribution in [3.8, 4) is 0 Å². The molecule has 0 bridgehead atoms. The minimum Gasteiger partial charge on any atom is -0.351 e. The first-order valence-electron chi connectivity index (χ1n) is 5.69. The van der Waals surface area contributed by atoms with Crippen molar-refractivity contribution in [2.75, 3.05) is 13.1 Å². The number of amides is 1. The summed E-state index contributed by atoms with van der Waals surface area (Å²) in [5.74, 6) is 0.0120. The Bertz CT molecular complexity index is 358. The van der Waals surface area contributed by atoms with E-state index >= 15 is 0 Å². The lowest BCUT2D eigenvalue weighted by Gasteiger charge is -2.10. The molecule has 2 N–H and O–H groups in total. The number of nitrogens with one attached hydrogen (secondary N) is 2. The zero-order chi connectivity index (χ0) is 11.4. The quantitative estimate of drug-likeness (QED) is 0.833. The highest BCUT2D eigenvalue weighted by Gasteiger charge is 2.15. The molecule has 1 saturated heterocycles. The third-order valence-electron chi connectivity index (χ3n) is 2.89. The molecule has 2 heterocycles. The van der Waals surface area contributed by atoms with Gasteiger partial charge in [0.15, 0.2) is 0 Å². The number of aromatic nitrogens is 1. The van der Waals surface area contributed by atoms with Crippen LogP contribution in [0.25, 0.3) is 0 Å². The molecule has 1 aliphatic heterocycles. The molecule has 1 aromatic heterocycles. The lowest BCUT2D eigenvalue weighted by molar-refractivity contribution is 0.0955. The van der Waals surface area contributed by atoms with Crippen LogP contribution in [0.4, 0.5) is 0 Å². The van der Waals surface area contributed by atoms with Crippen molar-refractivity contribution >= 4 is 17.2 Å². The molecule has 1 aliphatic rings. The number of carbonyl (C=O) groups excluding carboxylic acids is 1. The first kappa shape index (κ1) is 11.5. The molecular weight excluding hydrogens is 222 g/mol. The molecule has 1 fully saturated rings. The van der Waals surface area contributed by atoms with E-state index in [1.54, 1.807) is 5.51 Å². The zero-order valence-electron chi connectivity index (χ0n) is 9.45. The number of aryl methyl sites for hydroxylation is 1. The van der Waals surface area contributed by atoms with Gasteiger partial charge in [-0.2, -0.15) is 0 Å². The van der Waals surface area contributed by atoms with Gasteiger partial charge in [-0.3, -0.25) is 4.79 Å². The topological polar surface area (TPSA) is 54.0 Å². The summed E-state index contributed by atoms with van der Waals surface area (Å²) in [5, 5.41) is 6.36. The van der Waals surface area contributed by atoms with Crippen LogP contribution in [0.2, 0.25) is 0 Å². The lowest BCUT2D eigenvalue weighted by Crippen LogP contribution is -2.30. The van der Waals surface area contributed by atoms with E-state index in [0.717, 1.165) is 30.1 Å². The molecule has 1 amide bonds. The van der Waals surface area contributed by atoms with Crippen molar-refractivity contribution in [3.05, 3.63) is 16.1 Å². The Balaban J connectivity index is 1.73. The summed E-state index contributed by atoms with van der Waals surface area (Å²) in [4.78, 5) is 16.5. The summed E-state index contributed by atoms with van der Waals surface area (Å²) < 4.78 is 0. The summed E-state index contributed by atoms with van der Waals surface area (Å²) in [6, 6.07) is 0.586. The SMILES string of the molecule is Cc1ncsc1C(=O)NCC[C@H]1CCCN1. The van der Waals surface area contributed by atoms with Crippen LogP contribution in [0.15, 0.2) is 5.51 Å². The standard InChI is InChI=1S/C11H17N3OS/c1-8-10(16-7-14-8)11(15)13-6-4-9-3-2-5-12-9/h7,9,12H,2-6H2,1H3,(H,13,15)/t9-/m1/s1. The largest absolute Gasteiger partial charge is 0.351 e. The third-order valence-corrected chi connectivity index (χ3v) is 3.82. The first-order chi connectivity index (χ1) is 7.77. The Labute approximate surface area is 99.5 Å².